The van der Waals surface area contributed by atoms with E-state index in [1.54, 1.807) is 0 Å². The number of hydrogen-bond acceptors (Lipinski definition) is 4. The Balaban J connectivity index is 1.86. The van der Waals surface area contributed by atoms with Crippen LogP contribution >= 0.6 is 27.3 Å². The molecule has 0 bridgehead atoms. The van der Waals surface area contributed by atoms with Crippen LogP contribution < -0.4 is 11.1 Å². The van der Waals surface area contributed by atoms with Gasteiger partial charge < -0.3 is 11.1 Å². The van der Waals surface area contributed by atoms with E-state index in [0.717, 1.165) is 28.6 Å². The summed E-state index contributed by atoms with van der Waals surface area (Å²) in [6.45, 7) is 0.754. The summed E-state index contributed by atoms with van der Waals surface area (Å²) in [5.74, 6) is -0.0672. The van der Waals surface area contributed by atoms with Crippen LogP contribution in [0.5, 0.6) is 0 Å². The van der Waals surface area contributed by atoms with Crippen LogP contribution in [0.25, 0.3) is 0 Å². The highest BCUT2D eigenvalue weighted by Gasteiger charge is 2.55. The van der Waals surface area contributed by atoms with Crippen LogP contribution in [0.2, 0.25) is 0 Å². The first-order chi connectivity index (χ1) is 10.1. The average Bonchev–Trinajstić information content (AvgIpc) is 2.98. The number of carbonyl (C=O) groups is 2. The Labute approximate surface area is 136 Å². The van der Waals surface area contributed by atoms with Crippen molar-refractivity contribution in [1.29, 1.82) is 0 Å². The summed E-state index contributed by atoms with van der Waals surface area (Å²) < 4.78 is 0.938. The predicted octanol–water partition coefficient (Wildman–Crippen LogP) is 2.45. The standard InChI is InChI=1S/C14H18BrN3O2S/c15-10-4-6-21-11(10)8-18-12(19)14(17-13(18)20)5-2-1-3-9(14)7-16/h4,6,9H,1-3,5,7-8,16H2,(H,17,20). The molecule has 1 aliphatic carbocycles. The van der Waals surface area contributed by atoms with Crippen LogP contribution in [-0.2, 0) is 11.3 Å². The van der Waals surface area contributed by atoms with Crippen molar-refractivity contribution in [2.75, 3.05) is 6.54 Å². The van der Waals surface area contributed by atoms with E-state index in [-0.39, 0.29) is 17.9 Å². The van der Waals surface area contributed by atoms with E-state index in [9.17, 15) is 9.59 Å². The lowest BCUT2D eigenvalue weighted by Gasteiger charge is -2.38. The fourth-order valence-corrected chi connectivity index (χ4v) is 4.85. The van der Waals surface area contributed by atoms with Gasteiger partial charge in [0.25, 0.3) is 5.91 Å². The number of nitrogens with two attached hydrogens (primary N) is 1. The second-order valence-electron chi connectivity index (χ2n) is 5.66. The molecular weight excluding hydrogens is 354 g/mol. The highest BCUT2D eigenvalue weighted by molar-refractivity contribution is 9.10. The number of carbonyl (C=O) groups excluding carboxylic acids is 2. The predicted molar refractivity (Wildman–Crippen MR) is 84.8 cm³/mol. The molecule has 1 aliphatic heterocycles. The summed E-state index contributed by atoms with van der Waals surface area (Å²) in [5.41, 5.74) is 5.07. The summed E-state index contributed by atoms with van der Waals surface area (Å²) in [4.78, 5) is 27.5. The normalized spacial score (nSPS) is 29.2. The third-order valence-electron chi connectivity index (χ3n) is 4.55. The molecule has 1 spiro atoms. The second-order valence-corrected chi connectivity index (χ2v) is 7.52. The molecule has 0 radical (unpaired) electrons. The van der Waals surface area contributed by atoms with Crippen LogP contribution in [-0.4, -0.2) is 28.9 Å². The number of urea groups is 1. The van der Waals surface area contributed by atoms with E-state index in [0.29, 0.717) is 19.5 Å². The van der Waals surface area contributed by atoms with Crippen molar-refractivity contribution in [3.05, 3.63) is 20.8 Å². The molecule has 3 rings (SSSR count). The van der Waals surface area contributed by atoms with Gasteiger partial charge in [-0.25, -0.2) is 4.79 Å². The molecular formula is C14H18BrN3O2S. The summed E-state index contributed by atoms with van der Waals surface area (Å²) in [6, 6.07) is 1.64. The quantitative estimate of drug-likeness (QED) is 0.801. The zero-order valence-corrected chi connectivity index (χ0v) is 14.0. The van der Waals surface area contributed by atoms with Crippen LogP contribution in [0.15, 0.2) is 15.9 Å². The van der Waals surface area contributed by atoms with Gasteiger partial charge in [-0.15, -0.1) is 11.3 Å². The zero-order valence-electron chi connectivity index (χ0n) is 11.6. The van der Waals surface area contributed by atoms with E-state index < -0.39 is 5.54 Å². The monoisotopic (exact) mass is 371 g/mol. The number of rotatable bonds is 3. The lowest BCUT2D eigenvalue weighted by molar-refractivity contribution is -0.134. The van der Waals surface area contributed by atoms with E-state index in [1.807, 2.05) is 11.4 Å². The van der Waals surface area contributed by atoms with Gasteiger partial charge in [-0.05, 0) is 46.8 Å². The molecule has 21 heavy (non-hydrogen) atoms. The molecule has 1 aromatic heterocycles. The molecule has 1 saturated carbocycles. The fourth-order valence-electron chi connectivity index (χ4n) is 3.38. The summed E-state index contributed by atoms with van der Waals surface area (Å²) in [7, 11) is 0. The molecule has 1 saturated heterocycles. The highest BCUT2D eigenvalue weighted by atomic mass is 79.9. The summed E-state index contributed by atoms with van der Waals surface area (Å²) in [5, 5.41) is 4.89. The maximum Gasteiger partial charge on any atom is 0.325 e. The lowest BCUT2D eigenvalue weighted by atomic mass is 9.72. The Hall–Kier alpha value is -0.920. The number of thiophene rings is 1. The van der Waals surface area contributed by atoms with E-state index in [2.05, 4.69) is 21.2 Å². The maximum absolute atomic E-state index is 12.9. The number of amides is 3. The zero-order chi connectivity index (χ0) is 15.0. The molecule has 114 valence electrons. The third kappa shape index (κ3) is 2.41. The minimum atomic E-state index is -0.770. The van der Waals surface area contributed by atoms with E-state index in [4.69, 9.17) is 5.73 Å². The van der Waals surface area contributed by atoms with Gasteiger partial charge in [0.05, 0.1) is 6.54 Å². The first kappa shape index (κ1) is 15.0. The molecule has 2 fully saturated rings. The summed E-state index contributed by atoms with van der Waals surface area (Å²) >= 11 is 4.98. The van der Waals surface area contributed by atoms with Gasteiger partial charge in [-0.2, -0.15) is 0 Å². The molecule has 7 heteroatoms. The van der Waals surface area contributed by atoms with Gasteiger partial charge in [-0.3, -0.25) is 9.69 Å². The minimum Gasteiger partial charge on any atom is -0.330 e. The lowest BCUT2D eigenvalue weighted by Crippen LogP contribution is -2.56. The Morgan fingerprint density at radius 2 is 2.29 bits per heavy atom. The van der Waals surface area contributed by atoms with Crippen LogP contribution in [0, 0.1) is 5.92 Å². The van der Waals surface area contributed by atoms with Crippen LogP contribution in [0.3, 0.4) is 0 Å². The van der Waals surface area contributed by atoms with Crippen molar-refractivity contribution in [2.45, 2.75) is 37.8 Å². The van der Waals surface area contributed by atoms with Gasteiger partial charge >= 0.3 is 6.03 Å². The first-order valence-electron chi connectivity index (χ1n) is 7.14. The van der Waals surface area contributed by atoms with Crippen molar-refractivity contribution in [1.82, 2.24) is 10.2 Å². The van der Waals surface area contributed by atoms with E-state index >= 15 is 0 Å². The number of nitrogens with zero attached hydrogens (tertiary/aromatic N) is 1. The molecule has 2 aliphatic rings. The highest BCUT2D eigenvalue weighted by Crippen LogP contribution is 2.39. The van der Waals surface area contributed by atoms with Crippen molar-refractivity contribution in [2.24, 2.45) is 11.7 Å². The number of hydrogen-bond donors (Lipinski definition) is 2. The summed E-state index contributed by atoms with van der Waals surface area (Å²) in [6.07, 6.45) is 3.63. The van der Waals surface area contributed by atoms with Crippen molar-refractivity contribution < 1.29 is 9.59 Å². The number of nitrogens with one attached hydrogen (secondary N) is 1. The molecule has 1 aromatic rings. The molecule has 2 heterocycles. The smallest absolute Gasteiger partial charge is 0.325 e. The largest absolute Gasteiger partial charge is 0.330 e. The number of imide groups is 1. The van der Waals surface area contributed by atoms with Crippen LogP contribution in [0.1, 0.15) is 30.6 Å². The minimum absolute atomic E-state index is 0.0412. The first-order valence-corrected chi connectivity index (χ1v) is 8.82. The Bertz CT molecular complexity index is 576. The molecule has 3 N–H and O–H groups in total. The van der Waals surface area contributed by atoms with Crippen molar-refractivity contribution >= 4 is 39.2 Å². The Kier molecular flexibility index (Phi) is 4.07. The third-order valence-corrected chi connectivity index (χ3v) is 6.46. The average molecular weight is 372 g/mol. The van der Waals surface area contributed by atoms with Gasteiger partial charge in [-0.1, -0.05) is 12.8 Å². The van der Waals surface area contributed by atoms with Crippen molar-refractivity contribution in [3.8, 4) is 0 Å². The Morgan fingerprint density at radius 3 is 2.95 bits per heavy atom. The Morgan fingerprint density at radius 1 is 1.48 bits per heavy atom. The fraction of sp³-hybridized carbons (Fsp3) is 0.571. The van der Waals surface area contributed by atoms with Crippen LogP contribution in [0.4, 0.5) is 4.79 Å². The SMILES string of the molecule is NCC1CCCCC12NC(=O)N(Cc1sccc1Br)C2=O. The maximum atomic E-state index is 12.9. The molecule has 2 unspecified atom stereocenters. The van der Waals surface area contributed by atoms with Crippen molar-refractivity contribution in [3.63, 3.8) is 0 Å². The molecule has 3 amide bonds. The second kappa shape index (κ2) is 5.70. The van der Waals surface area contributed by atoms with Gasteiger partial charge in [0.2, 0.25) is 0 Å². The molecule has 2 atom stereocenters. The van der Waals surface area contributed by atoms with Gasteiger partial charge in [0.15, 0.2) is 0 Å². The molecule has 0 aromatic carbocycles. The number of halogens is 1. The van der Waals surface area contributed by atoms with Gasteiger partial charge in [0, 0.05) is 15.3 Å². The topological polar surface area (TPSA) is 75.4 Å². The molecule has 5 nitrogen and oxygen atoms in total. The van der Waals surface area contributed by atoms with E-state index in [1.165, 1.54) is 16.2 Å². The van der Waals surface area contributed by atoms with Gasteiger partial charge in [0.1, 0.15) is 5.54 Å².